The summed E-state index contributed by atoms with van der Waals surface area (Å²) in [6.45, 7) is 9.36. The van der Waals surface area contributed by atoms with Gasteiger partial charge in [-0.2, -0.15) is 0 Å². The molecule has 0 saturated carbocycles. The number of H-pyrrole nitrogens is 1. The molecule has 3 atom stereocenters. The summed E-state index contributed by atoms with van der Waals surface area (Å²) >= 11 is 0. The Kier molecular flexibility index (Phi) is 19.5. The molecule has 0 bridgehead atoms. The second kappa shape index (κ2) is 24.2. The second-order valence-corrected chi connectivity index (χ2v) is 15.6. The van der Waals surface area contributed by atoms with Crippen molar-refractivity contribution in [2.45, 2.75) is 51.7 Å². The van der Waals surface area contributed by atoms with Crippen LogP contribution in [-0.2, 0) is 35.2 Å². The molecule has 1 saturated heterocycles. The quantitative estimate of drug-likeness (QED) is 0.133. The highest BCUT2D eigenvalue weighted by atomic mass is 33.1. The van der Waals surface area contributed by atoms with Gasteiger partial charge in [-0.25, -0.2) is 0 Å². The molecule has 2 heterocycles. The Hall–Kier alpha value is -5.52. The Morgan fingerprint density at radius 2 is 1.47 bits per heavy atom. The highest BCUT2D eigenvalue weighted by molar-refractivity contribution is 8.76. The van der Waals surface area contributed by atoms with Gasteiger partial charge in [0.1, 0.15) is 18.1 Å². The summed E-state index contributed by atoms with van der Waals surface area (Å²) in [6, 6.07) is 18.8. The molecular weight excluding hydrogens is 767 g/mol. The summed E-state index contributed by atoms with van der Waals surface area (Å²) in [5, 5.41) is 19.1. The van der Waals surface area contributed by atoms with Gasteiger partial charge in [-0.1, -0.05) is 95.8 Å². The van der Waals surface area contributed by atoms with Crippen LogP contribution < -0.4 is 43.4 Å². The fourth-order valence-corrected chi connectivity index (χ4v) is 7.59. The first-order chi connectivity index (χ1) is 27.3. The molecule has 1 aromatic heterocycles. The van der Waals surface area contributed by atoms with Gasteiger partial charge in [0.15, 0.2) is 0 Å². The average molecular weight is 820 g/mol. The molecule has 57 heavy (non-hydrogen) atoms. The second-order valence-electron chi connectivity index (χ2n) is 13.0. The largest absolute Gasteiger partial charge is 0.379 e. The lowest BCUT2D eigenvalue weighted by atomic mass is 10.0. The number of aromatic amines is 1. The van der Waals surface area contributed by atoms with Gasteiger partial charge in [0, 0.05) is 47.6 Å². The fourth-order valence-electron chi connectivity index (χ4n) is 5.25. The van der Waals surface area contributed by atoms with Gasteiger partial charge in [-0.3, -0.25) is 28.8 Å². The van der Waals surface area contributed by atoms with E-state index in [1.54, 1.807) is 0 Å². The molecule has 1 aliphatic heterocycles. The van der Waals surface area contributed by atoms with E-state index in [2.05, 4.69) is 75.5 Å². The molecule has 11 N–H and O–H groups in total. The number of fused-ring (bicyclic) bond motifs is 2. The lowest BCUT2D eigenvalue weighted by Gasteiger charge is -2.21. The molecule has 1 aliphatic rings. The zero-order valence-electron chi connectivity index (χ0n) is 32.4. The predicted molar refractivity (Wildman–Crippen MR) is 229 cm³/mol. The number of hydrogen-bond donors (Lipinski definition) is 9. The van der Waals surface area contributed by atoms with Crippen LogP contribution >= 0.6 is 21.6 Å². The summed E-state index contributed by atoms with van der Waals surface area (Å²) in [4.78, 5) is 78.1. The SMILES string of the molecule is C=C1CNC(=O)C(Cc2ccc3ccccc3c2)NC(=O)CNC(=O)C(NC(C)=O)CSSCC(C(N)=O)NC(=O)CN1.CCCN.Cc1c[nH]c2ccccc12. The molecule has 0 spiro atoms. The van der Waals surface area contributed by atoms with E-state index in [4.69, 9.17) is 11.5 Å². The van der Waals surface area contributed by atoms with Gasteiger partial charge in [-0.05, 0) is 47.9 Å². The van der Waals surface area contributed by atoms with Gasteiger partial charge in [0.2, 0.25) is 35.4 Å². The number of carbonyl (C=O) groups excluding carboxylic acids is 6. The molecule has 6 amide bonds. The van der Waals surface area contributed by atoms with Crippen LogP contribution in [0.15, 0.2) is 85.2 Å². The molecule has 0 aliphatic carbocycles. The summed E-state index contributed by atoms with van der Waals surface area (Å²) in [5.41, 5.74) is 14.1. The monoisotopic (exact) mass is 819 g/mol. The molecule has 5 rings (SSSR count). The van der Waals surface area contributed by atoms with Crippen LogP contribution in [0.3, 0.4) is 0 Å². The van der Waals surface area contributed by atoms with Crippen molar-refractivity contribution in [3.63, 3.8) is 0 Å². The number of nitrogens with one attached hydrogen (secondary N) is 7. The first-order valence-corrected chi connectivity index (χ1v) is 20.9. The molecule has 4 aromatic rings. The number of nitrogens with two attached hydrogens (primary N) is 2. The fraction of sp³-hybridized carbons (Fsp3) is 0.350. The number of benzene rings is 3. The maximum atomic E-state index is 13.2. The van der Waals surface area contributed by atoms with Crippen molar-refractivity contribution >= 4 is 78.7 Å². The first kappa shape index (κ1) is 45.9. The number of aromatic nitrogens is 1. The molecule has 17 heteroatoms. The maximum Gasteiger partial charge on any atom is 0.243 e. The van der Waals surface area contributed by atoms with Crippen molar-refractivity contribution in [3.8, 4) is 0 Å². The van der Waals surface area contributed by atoms with Gasteiger partial charge in [-0.15, -0.1) is 0 Å². The minimum absolute atomic E-state index is 0.0446. The van der Waals surface area contributed by atoms with Crippen molar-refractivity contribution < 1.29 is 28.8 Å². The van der Waals surface area contributed by atoms with Gasteiger partial charge in [0.25, 0.3) is 0 Å². The Bertz CT molecular complexity index is 2000. The van der Waals surface area contributed by atoms with E-state index >= 15 is 0 Å². The highest BCUT2D eigenvalue weighted by Crippen LogP contribution is 2.23. The summed E-state index contributed by atoms with van der Waals surface area (Å²) in [6.07, 6.45) is 3.29. The molecule has 1 fully saturated rings. The van der Waals surface area contributed by atoms with Crippen LogP contribution in [0.5, 0.6) is 0 Å². The zero-order chi connectivity index (χ0) is 41.7. The third kappa shape index (κ3) is 16.2. The molecule has 3 aromatic carbocycles. The van der Waals surface area contributed by atoms with Crippen LogP contribution in [0, 0.1) is 6.92 Å². The van der Waals surface area contributed by atoms with E-state index in [0.717, 1.165) is 29.3 Å². The standard InChI is InChI=1S/C28H35N7O6S2.C9H9N.C3H9N/c1-16-11-31-27(40)21(10-18-7-8-19-5-3-4-6-20(19)9-18)34-25(38)13-32-28(41)23(33-17(2)36)15-43-42-14-22(26(29)39)35-24(37)12-30-16;1-7-6-10-9-5-3-2-4-8(7)9;1-2-3-4/h3-9,21-23,30H,1,10-15H2,2H3,(H2,29,39)(H,31,40)(H,32,41)(H,33,36)(H,34,38)(H,35,37);2-6,10H,1H3;2-4H2,1H3. The van der Waals surface area contributed by atoms with Crippen molar-refractivity contribution in [2.75, 3.05) is 37.7 Å². The molecule has 306 valence electrons. The number of hydrogen-bond acceptors (Lipinski definition) is 10. The van der Waals surface area contributed by atoms with Gasteiger partial charge in [0.05, 0.1) is 19.6 Å². The molecule has 0 radical (unpaired) electrons. The Labute approximate surface area is 340 Å². The first-order valence-electron chi connectivity index (χ1n) is 18.4. The Balaban J connectivity index is 0.000000517. The van der Waals surface area contributed by atoms with E-state index in [1.807, 2.05) is 54.7 Å². The molecule has 3 unspecified atom stereocenters. The zero-order valence-corrected chi connectivity index (χ0v) is 34.1. The van der Waals surface area contributed by atoms with Crippen molar-refractivity contribution in [1.29, 1.82) is 0 Å². The Morgan fingerprint density at radius 1 is 0.842 bits per heavy atom. The predicted octanol–water partition coefficient (Wildman–Crippen LogP) is 1.90. The lowest BCUT2D eigenvalue weighted by molar-refractivity contribution is -0.131. The highest BCUT2D eigenvalue weighted by Gasteiger charge is 2.25. The minimum Gasteiger partial charge on any atom is -0.379 e. The number of aryl methyl sites for hydroxylation is 1. The van der Waals surface area contributed by atoms with Crippen molar-refractivity contribution in [2.24, 2.45) is 11.5 Å². The normalized spacial score (nSPS) is 18.8. The Morgan fingerprint density at radius 3 is 2.16 bits per heavy atom. The number of carbonyl (C=O) groups is 6. The third-order valence-corrected chi connectivity index (χ3v) is 10.7. The minimum atomic E-state index is -0.998. The van der Waals surface area contributed by atoms with Crippen LogP contribution in [0.1, 0.15) is 31.4 Å². The number of para-hydroxylation sites is 1. The number of rotatable bonds is 5. The van der Waals surface area contributed by atoms with Crippen LogP contribution in [-0.4, -0.2) is 96.2 Å². The molecular formula is C40H53N9O6S2. The van der Waals surface area contributed by atoms with E-state index < -0.39 is 60.1 Å². The number of primary amides is 1. The van der Waals surface area contributed by atoms with E-state index in [9.17, 15) is 28.8 Å². The van der Waals surface area contributed by atoms with Gasteiger partial charge < -0.3 is 48.4 Å². The van der Waals surface area contributed by atoms with E-state index in [-0.39, 0.29) is 31.0 Å². The molecule has 15 nitrogen and oxygen atoms in total. The summed E-state index contributed by atoms with van der Waals surface area (Å²) in [5.74, 6) is -3.22. The van der Waals surface area contributed by atoms with Crippen LogP contribution in [0.2, 0.25) is 0 Å². The van der Waals surface area contributed by atoms with E-state index in [1.165, 1.54) is 45.0 Å². The van der Waals surface area contributed by atoms with Gasteiger partial charge >= 0.3 is 0 Å². The third-order valence-electron chi connectivity index (χ3n) is 8.31. The van der Waals surface area contributed by atoms with E-state index in [0.29, 0.717) is 5.70 Å². The van der Waals surface area contributed by atoms with Crippen molar-refractivity contribution in [3.05, 3.63) is 96.3 Å². The summed E-state index contributed by atoms with van der Waals surface area (Å²) in [7, 11) is 2.36. The maximum absolute atomic E-state index is 13.2. The number of amides is 6. The lowest BCUT2D eigenvalue weighted by Crippen LogP contribution is -2.53. The van der Waals surface area contributed by atoms with Crippen LogP contribution in [0.25, 0.3) is 21.7 Å². The average Bonchev–Trinajstić information content (AvgIpc) is 3.58. The topological polar surface area (TPSA) is 242 Å². The van der Waals surface area contributed by atoms with Crippen LogP contribution in [0.4, 0.5) is 0 Å². The van der Waals surface area contributed by atoms with Crippen molar-refractivity contribution in [1.82, 2.24) is 36.9 Å². The smallest absolute Gasteiger partial charge is 0.243 e. The summed E-state index contributed by atoms with van der Waals surface area (Å²) < 4.78 is 0.